The number of nitrogens with zero attached hydrogens (tertiary/aromatic N) is 1. The van der Waals surface area contributed by atoms with Crippen molar-refractivity contribution in [3.63, 3.8) is 0 Å². The largest absolute Gasteiger partial charge is 0.497 e. The van der Waals surface area contributed by atoms with Crippen LogP contribution < -0.4 is 16.2 Å². The number of hydrogen-bond donors (Lipinski definition) is 2. The van der Waals surface area contributed by atoms with Gasteiger partial charge in [-0.05, 0) is 42.5 Å². The molecule has 1 aliphatic carbocycles. The zero-order valence-electron chi connectivity index (χ0n) is 14.9. The molecule has 1 aliphatic heterocycles. The molecule has 8 nitrogen and oxygen atoms in total. The van der Waals surface area contributed by atoms with E-state index in [1.54, 1.807) is 7.11 Å². The van der Waals surface area contributed by atoms with E-state index in [-0.39, 0.29) is 5.92 Å². The Morgan fingerprint density at radius 3 is 2.54 bits per heavy atom. The maximum absolute atomic E-state index is 11.7. The lowest BCUT2D eigenvalue weighted by molar-refractivity contribution is -0.153. The second kappa shape index (κ2) is 7.41. The predicted octanol–water partition coefficient (Wildman–Crippen LogP) is 2.06. The van der Waals surface area contributed by atoms with Crippen molar-refractivity contribution in [2.24, 2.45) is 11.5 Å². The molecule has 2 aliphatic rings. The topological polar surface area (TPSA) is 117 Å². The van der Waals surface area contributed by atoms with Crippen LogP contribution in [0.15, 0.2) is 18.2 Å². The zero-order chi connectivity index (χ0) is 18.7. The van der Waals surface area contributed by atoms with E-state index in [9.17, 15) is 9.59 Å². The molecule has 0 aromatic heterocycles. The van der Waals surface area contributed by atoms with Crippen molar-refractivity contribution in [2.45, 2.75) is 43.6 Å². The van der Waals surface area contributed by atoms with Crippen molar-refractivity contribution < 1.29 is 23.9 Å². The van der Waals surface area contributed by atoms with E-state index in [4.69, 9.17) is 25.8 Å². The van der Waals surface area contributed by atoms with E-state index < -0.39 is 17.8 Å². The molecule has 1 unspecified atom stereocenters. The van der Waals surface area contributed by atoms with Gasteiger partial charge in [-0.2, -0.15) is 0 Å². The summed E-state index contributed by atoms with van der Waals surface area (Å²) in [6.45, 7) is 0.845. The van der Waals surface area contributed by atoms with Gasteiger partial charge in [0.15, 0.2) is 0 Å². The highest BCUT2D eigenvalue weighted by atomic mass is 16.7. The van der Waals surface area contributed by atoms with Crippen LogP contribution in [0.5, 0.6) is 5.75 Å². The first-order chi connectivity index (χ1) is 12.4. The average molecular weight is 363 g/mol. The summed E-state index contributed by atoms with van der Waals surface area (Å²) in [6, 6.07) is 6.05. The van der Waals surface area contributed by atoms with Gasteiger partial charge in [-0.3, -0.25) is 0 Å². The number of piperidine rings is 1. The molecule has 8 heteroatoms. The van der Waals surface area contributed by atoms with Crippen molar-refractivity contribution in [1.29, 1.82) is 0 Å². The number of methoxy groups -OCH3 is 1. The van der Waals surface area contributed by atoms with E-state index in [0.29, 0.717) is 25.9 Å². The summed E-state index contributed by atoms with van der Waals surface area (Å²) in [7, 11) is 1.63. The van der Waals surface area contributed by atoms with Gasteiger partial charge in [0.05, 0.1) is 7.11 Å². The van der Waals surface area contributed by atoms with Crippen molar-refractivity contribution in [3.05, 3.63) is 29.3 Å². The predicted molar refractivity (Wildman–Crippen MR) is 93.5 cm³/mol. The Hall–Kier alpha value is -2.48. The maximum atomic E-state index is 11.7. The quantitative estimate of drug-likeness (QED) is 0.845. The fourth-order valence-electron chi connectivity index (χ4n) is 4.26. The number of carbonyl (C=O) groups excluding carboxylic acids is 2. The molecule has 3 rings (SSSR count). The van der Waals surface area contributed by atoms with Gasteiger partial charge in [-0.15, -0.1) is 5.06 Å². The lowest BCUT2D eigenvalue weighted by atomic mass is 9.69. The van der Waals surface area contributed by atoms with Crippen LogP contribution in [0.3, 0.4) is 0 Å². The first kappa shape index (κ1) is 18.3. The van der Waals surface area contributed by atoms with Gasteiger partial charge in [0.1, 0.15) is 11.4 Å². The Kier molecular flexibility index (Phi) is 5.22. The third-order valence-corrected chi connectivity index (χ3v) is 5.39. The molecule has 0 bridgehead atoms. The minimum absolute atomic E-state index is 0.0181. The molecule has 1 atom stereocenters. The SMILES string of the molecule is COc1ccc2c(c1)C(C1(OC(N)=O)CCN(OC(N)=O)CC1)CCC2. The summed E-state index contributed by atoms with van der Waals surface area (Å²) >= 11 is 0. The van der Waals surface area contributed by atoms with Gasteiger partial charge >= 0.3 is 12.2 Å². The molecular formula is C18H25N3O5. The highest BCUT2D eigenvalue weighted by Gasteiger charge is 2.47. The molecule has 0 saturated carbocycles. The Morgan fingerprint density at radius 2 is 1.92 bits per heavy atom. The number of carbonyl (C=O) groups is 2. The summed E-state index contributed by atoms with van der Waals surface area (Å²) in [5.74, 6) is 0.795. The molecule has 1 saturated heterocycles. The molecular weight excluding hydrogens is 338 g/mol. The minimum Gasteiger partial charge on any atom is -0.497 e. The first-order valence-electron chi connectivity index (χ1n) is 8.81. The number of hydroxylamine groups is 2. The Labute approximate surface area is 152 Å². The fourth-order valence-corrected chi connectivity index (χ4v) is 4.26. The lowest BCUT2D eigenvalue weighted by Crippen LogP contribution is -2.52. The van der Waals surface area contributed by atoms with E-state index in [1.165, 1.54) is 10.6 Å². The van der Waals surface area contributed by atoms with Gasteiger partial charge in [0, 0.05) is 31.8 Å². The Bertz CT molecular complexity index is 685. The van der Waals surface area contributed by atoms with E-state index >= 15 is 0 Å². The van der Waals surface area contributed by atoms with Crippen molar-refractivity contribution >= 4 is 12.2 Å². The van der Waals surface area contributed by atoms with Crippen LogP contribution in [0.2, 0.25) is 0 Å². The molecule has 26 heavy (non-hydrogen) atoms. The standard InChI is InChI=1S/C18H25N3O5/c1-24-13-6-5-12-3-2-4-15(14(12)11-13)18(25-16(19)22)7-9-21(10-8-18)26-17(20)23/h5-6,11,15H,2-4,7-10H2,1H3,(H2,19,22)(H2,20,23). The highest BCUT2D eigenvalue weighted by Crippen LogP contribution is 2.47. The number of ether oxygens (including phenoxy) is 2. The number of benzene rings is 1. The van der Waals surface area contributed by atoms with E-state index in [2.05, 4.69) is 6.07 Å². The van der Waals surface area contributed by atoms with Crippen molar-refractivity contribution in [2.75, 3.05) is 20.2 Å². The number of fused-ring (bicyclic) bond motifs is 1. The van der Waals surface area contributed by atoms with Gasteiger partial charge in [0.25, 0.3) is 0 Å². The molecule has 142 valence electrons. The third kappa shape index (κ3) is 3.70. The van der Waals surface area contributed by atoms with Crippen molar-refractivity contribution in [3.8, 4) is 5.75 Å². The van der Waals surface area contributed by atoms with Gasteiger partial charge in [-0.1, -0.05) is 6.07 Å². The average Bonchev–Trinajstić information content (AvgIpc) is 2.61. The second-order valence-electron chi connectivity index (χ2n) is 6.83. The molecule has 1 fully saturated rings. The van der Waals surface area contributed by atoms with Crippen LogP contribution in [0.1, 0.15) is 42.7 Å². The molecule has 4 N–H and O–H groups in total. The van der Waals surface area contributed by atoms with Crippen LogP contribution >= 0.6 is 0 Å². The smallest absolute Gasteiger partial charge is 0.423 e. The Morgan fingerprint density at radius 1 is 1.19 bits per heavy atom. The van der Waals surface area contributed by atoms with E-state index in [1.807, 2.05) is 12.1 Å². The molecule has 1 aromatic carbocycles. The molecule has 0 spiro atoms. The number of rotatable bonds is 4. The number of hydrogen-bond acceptors (Lipinski definition) is 6. The minimum atomic E-state index is -0.846. The third-order valence-electron chi connectivity index (χ3n) is 5.39. The number of aryl methyl sites for hydroxylation is 1. The van der Waals surface area contributed by atoms with Gasteiger partial charge in [-0.25, -0.2) is 9.59 Å². The van der Waals surface area contributed by atoms with Gasteiger partial charge < -0.3 is 25.8 Å². The summed E-state index contributed by atoms with van der Waals surface area (Å²) in [4.78, 5) is 27.6. The monoisotopic (exact) mass is 363 g/mol. The van der Waals surface area contributed by atoms with Gasteiger partial charge in [0.2, 0.25) is 0 Å². The fraction of sp³-hybridized carbons (Fsp3) is 0.556. The number of amides is 2. The highest BCUT2D eigenvalue weighted by molar-refractivity contribution is 5.65. The summed E-state index contributed by atoms with van der Waals surface area (Å²) in [5.41, 5.74) is 12.1. The summed E-state index contributed by atoms with van der Waals surface area (Å²) < 4.78 is 11.1. The Balaban J connectivity index is 1.90. The maximum Gasteiger partial charge on any atom is 0.423 e. The number of nitrogens with two attached hydrogens (primary N) is 2. The zero-order valence-corrected chi connectivity index (χ0v) is 14.9. The lowest BCUT2D eigenvalue weighted by Gasteiger charge is -2.46. The van der Waals surface area contributed by atoms with Crippen molar-refractivity contribution in [1.82, 2.24) is 5.06 Å². The van der Waals surface area contributed by atoms with Crippen LogP contribution in [0.25, 0.3) is 0 Å². The summed E-state index contributed by atoms with van der Waals surface area (Å²) in [5, 5.41) is 1.50. The molecule has 1 heterocycles. The van der Waals surface area contributed by atoms with Crippen LogP contribution in [0.4, 0.5) is 9.59 Å². The first-order valence-corrected chi connectivity index (χ1v) is 8.81. The molecule has 2 amide bonds. The molecule has 1 aromatic rings. The molecule has 0 radical (unpaired) electrons. The number of primary amides is 2. The van der Waals surface area contributed by atoms with Crippen LogP contribution in [-0.2, 0) is 16.0 Å². The second-order valence-corrected chi connectivity index (χ2v) is 6.83. The van der Waals surface area contributed by atoms with Crippen LogP contribution in [-0.4, -0.2) is 43.1 Å². The summed E-state index contributed by atoms with van der Waals surface area (Å²) in [6.07, 6.45) is 2.26. The van der Waals surface area contributed by atoms with E-state index in [0.717, 1.165) is 30.6 Å². The van der Waals surface area contributed by atoms with Crippen LogP contribution in [0, 0.1) is 0 Å². The normalized spacial score (nSPS) is 22.1.